The fourth-order valence-corrected chi connectivity index (χ4v) is 9.58. The summed E-state index contributed by atoms with van der Waals surface area (Å²) in [5.74, 6) is 2.74. The number of ether oxygens (including phenoxy) is 2. The standard InChI is InChI=1S/C65H88O4.2CH3.Zr/c1-40-28-50(42-32-46(62(9,10)11)36-47(33-42)63(12,13)14)58(66)54(30-40)52-38-44(60(3,4)5)22-24-56(52)68-26-21-27-69-57-25-23-45(61(6,7)8)39-53(57)55-31-41(2)29-51(59(55)67)43-34-48(64(15,16)17)37-49(35-43)65(18,19)20;;;/h22-25,28-32,34,36-39,47,49,66-67H,21,26-27,33,35H2,1-20H3;2*1H3;/q;2*-1;+2/t47-,49?;;;/m0.../s1. The Morgan fingerprint density at radius 2 is 0.764 bits per heavy atom. The van der Waals surface area contributed by atoms with Crippen molar-refractivity contribution in [2.45, 2.75) is 169 Å². The van der Waals surface area contributed by atoms with E-state index in [-0.39, 0.29) is 73.5 Å². The van der Waals surface area contributed by atoms with Crippen LogP contribution in [0.5, 0.6) is 23.0 Å². The van der Waals surface area contributed by atoms with E-state index in [1.54, 1.807) is 0 Å². The predicted molar refractivity (Wildman–Crippen MR) is 309 cm³/mol. The van der Waals surface area contributed by atoms with Gasteiger partial charge in [-0.2, -0.15) is 0 Å². The second kappa shape index (κ2) is 22.8. The molecule has 4 aromatic carbocycles. The molecule has 0 fully saturated rings. The molecule has 6 rings (SSSR count). The maximum atomic E-state index is 12.4. The van der Waals surface area contributed by atoms with E-state index in [0.717, 1.165) is 68.8 Å². The van der Waals surface area contributed by atoms with Crippen molar-refractivity contribution >= 4 is 11.1 Å². The van der Waals surface area contributed by atoms with E-state index >= 15 is 0 Å². The Balaban J connectivity index is 0.00000456. The summed E-state index contributed by atoms with van der Waals surface area (Å²) in [7, 11) is 0. The number of hydrogen-bond donors (Lipinski definition) is 2. The Bertz CT molecular complexity index is 2490. The number of rotatable bonds is 10. The van der Waals surface area contributed by atoms with Gasteiger partial charge in [0.2, 0.25) is 0 Å². The fourth-order valence-electron chi connectivity index (χ4n) is 9.58. The molecule has 0 amide bonds. The largest absolute Gasteiger partial charge is 2.00 e. The van der Waals surface area contributed by atoms with Crippen molar-refractivity contribution in [1.82, 2.24) is 0 Å². The van der Waals surface area contributed by atoms with Gasteiger partial charge < -0.3 is 34.5 Å². The smallest absolute Gasteiger partial charge is 0.507 e. The minimum Gasteiger partial charge on any atom is -0.507 e. The summed E-state index contributed by atoms with van der Waals surface area (Å²) in [5, 5.41) is 24.8. The second-order valence-corrected chi connectivity index (χ2v) is 26.8. The van der Waals surface area contributed by atoms with Crippen molar-refractivity contribution in [3.05, 3.63) is 144 Å². The molecule has 2 N–H and O–H groups in total. The summed E-state index contributed by atoms with van der Waals surface area (Å²) in [4.78, 5) is 0. The molecule has 0 heterocycles. The normalized spacial score (nSPS) is 16.8. The Hall–Kier alpha value is -4.08. The molecule has 2 aliphatic rings. The van der Waals surface area contributed by atoms with Crippen LogP contribution in [0.3, 0.4) is 0 Å². The topological polar surface area (TPSA) is 58.9 Å². The van der Waals surface area contributed by atoms with Crippen LogP contribution in [0.1, 0.15) is 177 Å². The zero-order valence-corrected chi connectivity index (χ0v) is 51.4. The monoisotopic (exact) mass is 1050 g/mol. The van der Waals surface area contributed by atoms with Gasteiger partial charge in [-0.3, -0.25) is 0 Å². The molecule has 0 saturated heterocycles. The van der Waals surface area contributed by atoms with Gasteiger partial charge in [-0.25, -0.2) is 0 Å². The quantitative estimate of drug-likeness (QED) is 0.123. The van der Waals surface area contributed by atoms with Crippen molar-refractivity contribution in [3.63, 3.8) is 0 Å². The zero-order valence-electron chi connectivity index (χ0n) is 49.0. The Morgan fingerprint density at radius 3 is 1.06 bits per heavy atom. The molecule has 2 aliphatic carbocycles. The number of phenols is 2. The van der Waals surface area contributed by atoms with E-state index in [0.29, 0.717) is 43.0 Å². The van der Waals surface area contributed by atoms with Gasteiger partial charge in [0.25, 0.3) is 0 Å². The van der Waals surface area contributed by atoms with Gasteiger partial charge in [-0.15, -0.1) is 0 Å². The van der Waals surface area contributed by atoms with Gasteiger partial charge in [-0.1, -0.05) is 161 Å². The Morgan fingerprint density at radius 1 is 0.444 bits per heavy atom. The third-order valence-electron chi connectivity index (χ3n) is 14.5. The van der Waals surface area contributed by atoms with Crippen molar-refractivity contribution in [2.75, 3.05) is 13.2 Å². The molecule has 0 bridgehead atoms. The molecule has 1 unspecified atom stereocenters. The van der Waals surface area contributed by atoms with Gasteiger partial charge in [0.1, 0.15) is 23.0 Å². The van der Waals surface area contributed by atoms with Crippen LogP contribution in [0.25, 0.3) is 33.4 Å². The molecule has 0 radical (unpaired) electrons. The molecule has 5 heteroatoms. The molecule has 4 aromatic rings. The Kier molecular flexibility index (Phi) is 19.7. The van der Waals surface area contributed by atoms with E-state index in [4.69, 9.17) is 9.47 Å². The van der Waals surface area contributed by atoms with Crippen molar-refractivity contribution in [1.29, 1.82) is 0 Å². The maximum Gasteiger partial charge on any atom is 2.00 e. The molecular formula is C67H94O4Zr. The van der Waals surface area contributed by atoms with Gasteiger partial charge in [-0.05, 0) is 164 Å². The molecule has 4 nitrogen and oxygen atoms in total. The summed E-state index contributed by atoms with van der Waals surface area (Å²) < 4.78 is 13.4. The predicted octanol–water partition coefficient (Wildman–Crippen LogP) is 19.2. The van der Waals surface area contributed by atoms with Crippen LogP contribution < -0.4 is 9.47 Å². The summed E-state index contributed by atoms with van der Waals surface area (Å²) in [6.45, 7) is 46.0. The third kappa shape index (κ3) is 14.6. The number of aryl methyl sites for hydroxylation is 2. The summed E-state index contributed by atoms with van der Waals surface area (Å²) in [6, 6.07) is 21.4. The van der Waals surface area contributed by atoms with Crippen LogP contribution in [-0.4, -0.2) is 23.4 Å². The number of hydrogen-bond acceptors (Lipinski definition) is 4. The van der Waals surface area contributed by atoms with Crippen LogP contribution >= 0.6 is 0 Å². The minimum absolute atomic E-state index is 0. The van der Waals surface area contributed by atoms with Gasteiger partial charge in [0.15, 0.2) is 0 Å². The molecule has 0 aliphatic heterocycles. The van der Waals surface area contributed by atoms with E-state index in [2.05, 4.69) is 223 Å². The first-order valence-electron chi connectivity index (χ1n) is 25.7. The van der Waals surface area contributed by atoms with Crippen LogP contribution in [0, 0.1) is 62.2 Å². The first-order chi connectivity index (χ1) is 31.6. The average Bonchev–Trinajstić information content (AvgIpc) is 3.22. The first-order valence-corrected chi connectivity index (χ1v) is 25.7. The molecule has 0 aromatic heterocycles. The molecule has 72 heavy (non-hydrogen) atoms. The molecule has 390 valence electrons. The van der Waals surface area contributed by atoms with Crippen molar-refractivity contribution in [3.8, 4) is 45.3 Å². The molecule has 2 atom stereocenters. The molecular weight excluding hydrogens is 960 g/mol. The Labute approximate surface area is 459 Å². The van der Waals surface area contributed by atoms with E-state index in [1.165, 1.54) is 33.4 Å². The second-order valence-electron chi connectivity index (χ2n) is 26.8. The van der Waals surface area contributed by atoms with Crippen molar-refractivity contribution < 1.29 is 45.9 Å². The van der Waals surface area contributed by atoms with Crippen LogP contribution in [0.4, 0.5) is 0 Å². The maximum absolute atomic E-state index is 12.4. The van der Waals surface area contributed by atoms with Gasteiger partial charge >= 0.3 is 26.2 Å². The van der Waals surface area contributed by atoms with Crippen LogP contribution in [0.2, 0.25) is 0 Å². The third-order valence-corrected chi connectivity index (χ3v) is 14.5. The first kappa shape index (κ1) is 62.2. The van der Waals surface area contributed by atoms with Gasteiger partial charge in [0.05, 0.1) is 13.2 Å². The summed E-state index contributed by atoms with van der Waals surface area (Å²) >= 11 is 0. The number of phenolic OH excluding ortho intramolecular Hbond substituents is 2. The number of aromatic hydroxyl groups is 2. The fraction of sp³-hybridized carbons (Fsp3) is 0.493. The van der Waals surface area contributed by atoms with Crippen LogP contribution in [-0.2, 0) is 37.0 Å². The van der Waals surface area contributed by atoms with E-state index in [1.807, 2.05) is 0 Å². The van der Waals surface area contributed by atoms with Crippen molar-refractivity contribution in [2.24, 2.45) is 33.5 Å². The van der Waals surface area contributed by atoms with E-state index in [9.17, 15) is 10.2 Å². The minimum atomic E-state index is -0.108. The van der Waals surface area contributed by atoms with Crippen LogP contribution in [0.15, 0.2) is 96.1 Å². The molecule has 0 saturated carbocycles. The number of benzene rings is 4. The summed E-state index contributed by atoms with van der Waals surface area (Å²) in [6.07, 6.45) is 11.9. The van der Waals surface area contributed by atoms with Gasteiger partial charge in [0, 0.05) is 39.8 Å². The molecule has 0 spiro atoms. The SMILES string of the molecule is Cc1cc(C2=CC(C(C)(C)C)=CC(C(C)(C)C)C2)c(O)c(-c2cc(C(C)(C)C)ccc2OCCCOc2ccc(C(C)(C)C)cc2-c2cc(C)cc(C3=CC(C(C)(C)C)=C[C@@H](C(C)(C)C)C3)c2O)c1.[CH3-].[CH3-].[Zr+2]. The number of allylic oxidation sites excluding steroid dienone is 8. The summed E-state index contributed by atoms with van der Waals surface area (Å²) in [5.41, 5.74) is 14.5. The average molecular weight is 1050 g/mol. The zero-order chi connectivity index (χ0) is 51.4. The van der Waals surface area contributed by atoms with E-state index < -0.39 is 0 Å².